The highest BCUT2D eigenvalue weighted by Gasteiger charge is 2.40. The zero-order valence-corrected chi connectivity index (χ0v) is 15.3. The van der Waals surface area contributed by atoms with Gasteiger partial charge in [-0.05, 0) is 50.6 Å². The van der Waals surface area contributed by atoms with Crippen LogP contribution in [0.1, 0.15) is 31.5 Å². The van der Waals surface area contributed by atoms with Crippen molar-refractivity contribution in [2.45, 2.75) is 39.3 Å². The summed E-state index contributed by atoms with van der Waals surface area (Å²) < 4.78 is 5.83. The van der Waals surface area contributed by atoms with Crippen LogP contribution in [0.15, 0.2) is 42.6 Å². The maximum absolute atomic E-state index is 12.8. The van der Waals surface area contributed by atoms with Gasteiger partial charge in [0.15, 0.2) is 5.60 Å². The van der Waals surface area contributed by atoms with Crippen molar-refractivity contribution in [2.24, 2.45) is 0 Å². The van der Waals surface area contributed by atoms with Crippen LogP contribution in [0, 0.1) is 6.92 Å². The molecular weight excluding hydrogens is 330 g/mol. The maximum atomic E-state index is 12.8. The summed E-state index contributed by atoms with van der Waals surface area (Å²) in [5.74, 6) is 0.393. The van der Waals surface area contributed by atoms with E-state index in [1.54, 1.807) is 24.9 Å². The van der Waals surface area contributed by atoms with Gasteiger partial charge in [-0.25, -0.2) is 0 Å². The number of fused-ring (bicyclic) bond motifs is 1. The first-order valence-electron chi connectivity index (χ1n) is 8.65. The number of carbonyl (C=O) groups excluding carboxylic acids is 2. The van der Waals surface area contributed by atoms with Gasteiger partial charge in [-0.1, -0.05) is 12.1 Å². The minimum Gasteiger partial charge on any atom is -0.476 e. The number of aryl methyl sites for hydroxylation is 1. The van der Waals surface area contributed by atoms with Gasteiger partial charge in [0.25, 0.3) is 5.91 Å². The molecule has 1 aliphatic heterocycles. The minimum absolute atomic E-state index is 0.123. The third-order valence-corrected chi connectivity index (χ3v) is 4.29. The minimum atomic E-state index is -0.952. The van der Waals surface area contributed by atoms with Crippen molar-refractivity contribution in [3.8, 4) is 5.75 Å². The van der Waals surface area contributed by atoms with Gasteiger partial charge in [0.1, 0.15) is 5.75 Å². The molecular formula is C20H23N3O3. The summed E-state index contributed by atoms with van der Waals surface area (Å²) in [6, 6.07) is 11.3. The summed E-state index contributed by atoms with van der Waals surface area (Å²) in [5.41, 5.74) is 1.59. The normalized spacial score (nSPS) is 15.2. The number of nitrogens with zero attached hydrogens (tertiary/aromatic N) is 2. The Morgan fingerprint density at radius 3 is 2.81 bits per heavy atom. The van der Waals surface area contributed by atoms with Gasteiger partial charge in [0.2, 0.25) is 5.91 Å². The largest absolute Gasteiger partial charge is 0.476 e. The number of hydrogen-bond acceptors (Lipinski definition) is 4. The Hall–Kier alpha value is -2.89. The Morgan fingerprint density at radius 2 is 2.08 bits per heavy atom. The third-order valence-electron chi connectivity index (χ3n) is 4.29. The van der Waals surface area contributed by atoms with Gasteiger partial charge < -0.3 is 15.0 Å². The number of amides is 2. The quantitative estimate of drug-likeness (QED) is 0.897. The molecule has 0 aliphatic carbocycles. The molecule has 1 aliphatic rings. The summed E-state index contributed by atoms with van der Waals surface area (Å²) in [5, 5.41) is 2.84. The number of aromatic nitrogens is 1. The van der Waals surface area contributed by atoms with Crippen LogP contribution >= 0.6 is 0 Å². The molecule has 0 saturated carbocycles. The van der Waals surface area contributed by atoms with Crippen LogP contribution in [0.4, 0.5) is 5.69 Å². The molecule has 3 rings (SSSR count). The number of pyridine rings is 1. The van der Waals surface area contributed by atoms with E-state index < -0.39 is 5.60 Å². The van der Waals surface area contributed by atoms with E-state index in [-0.39, 0.29) is 18.2 Å². The van der Waals surface area contributed by atoms with Crippen LogP contribution < -0.4 is 15.0 Å². The Kier molecular flexibility index (Phi) is 4.93. The first-order valence-corrected chi connectivity index (χ1v) is 8.65. The van der Waals surface area contributed by atoms with E-state index in [0.717, 1.165) is 11.3 Å². The third kappa shape index (κ3) is 3.85. The van der Waals surface area contributed by atoms with Gasteiger partial charge in [-0.15, -0.1) is 0 Å². The van der Waals surface area contributed by atoms with Crippen molar-refractivity contribution in [1.29, 1.82) is 0 Å². The molecule has 0 bridgehead atoms. The average Bonchev–Trinajstić information content (AvgIpc) is 2.62. The average molecular weight is 353 g/mol. The van der Waals surface area contributed by atoms with Gasteiger partial charge in [-0.3, -0.25) is 14.6 Å². The molecule has 0 radical (unpaired) electrons. The fourth-order valence-corrected chi connectivity index (χ4v) is 2.89. The van der Waals surface area contributed by atoms with E-state index in [1.807, 2.05) is 43.3 Å². The molecule has 0 unspecified atom stereocenters. The Labute approximate surface area is 153 Å². The van der Waals surface area contributed by atoms with Crippen LogP contribution in [0.25, 0.3) is 0 Å². The van der Waals surface area contributed by atoms with Gasteiger partial charge >= 0.3 is 0 Å². The van der Waals surface area contributed by atoms with Crippen LogP contribution in [0.5, 0.6) is 5.75 Å². The van der Waals surface area contributed by atoms with E-state index in [4.69, 9.17) is 4.74 Å². The Balaban J connectivity index is 1.67. The van der Waals surface area contributed by atoms with E-state index in [9.17, 15) is 9.59 Å². The lowest BCUT2D eigenvalue weighted by Crippen LogP contribution is -2.53. The number of nitrogens with one attached hydrogen (secondary N) is 1. The molecule has 2 amide bonds. The van der Waals surface area contributed by atoms with Crippen molar-refractivity contribution in [2.75, 3.05) is 11.4 Å². The smallest absolute Gasteiger partial charge is 0.270 e. The van der Waals surface area contributed by atoms with Crippen LogP contribution in [0.3, 0.4) is 0 Å². The van der Waals surface area contributed by atoms with Crippen molar-refractivity contribution in [3.63, 3.8) is 0 Å². The Morgan fingerprint density at radius 1 is 1.27 bits per heavy atom. The predicted octanol–water partition coefficient (Wildman–Crippen LogP) is 2.60. The number of hydrogen-bond donors (Lipinski definition) is 1. The molecule has 1 N–H and O–H groups in total. The van der Waals surface area contributed by atoms with Crippen LogP contribution in [0.2, 0.25) is 0 Å². The molecule has 0 spiro atoms. The second-order valence-electron chi connectivity index (χ2n) is 6.89. The first-order chi connectivity index (χ1) is 12.4. The summed E-state index contributed by atoms with van der Waals surface area (Å²) in [6.07, 6.45) is 1.90. The Bertz CT molecular complexity index is 818. The molecule has 6 nitrogen and oxygen atoms in total. The van der Waals surface area contributed by atoms with E-state index in [2.05, 4.69) is 10.3 Å². The fraction of sp³-hybridized carbons (Fsp3) is 0.350. The number of benzene rings is 1. The second kappa shape index (κ2) is 7.15. The summed E-state index contributed by atoms with van der Waals surface area (Å²) in [6.45, 7) is 6.12. The zero-order chi connectivity index (χ0) is 18.7. The fourth-order valence-electron chi connectivity index (χ4n) is 2.89. The number of carbonyl (C=O) groups is 2. The predicted molar refractivity (Wildman–Crippen MR) is 98.9 cm³/mol. The SMILES string of the molecule is Cc1ccc2c(c1)N(CCC(=O)NCc1ccccn1)C(=O)C(C)(C)O2. The van der Waals surface area contributed by atoms with Crippen LogP contribution in [-0.4, -0.2) is 28.9 Å². The lowest BCUT2D eigenvalue weighted by molar-refractivity contribution is -0.132. The lowest BCUT2D eigenvalue weighted by atomic mass is 10.0. The molecule has 0 atom stereocenters. The maximum Gasteiger partial charge on any atom is 0.270 e. The molecule has 0 fully saturated rings. The monoisotopic (exact) mass is 353 g/mol. The zero-order valence-electron chi connectivity index (χ0n) is 15.3. The number of ether oxygens (including phenoxy) is 1. The lowest BCUT2D eigenvalue weighted by Gasteiger charge is -2.38. The summed E-state index contributed by atoms with van der Waals surface area (Å²) in [7, 11) is 0. The number of rotatable bonds is 5. The summed E-state index contributed by atoms with van der Waals surface area (Å²) in [4.78, 5) is 30.8. The molecule has 26 heavy (non-hydrogen) atoms. The molecule has 0 saturated heterocycles. The number of anilines is 1. The highest BCUT2D eigenvalue weighted by Crippen LogP contribution is 2.38. The second-order valence-corrected chi connectivity index (χ2v) is 6.89. The highest BCUT2D eigenvalue weighted by molar-refractivity contribution is 6.02. The van der Waals surface area contributed by atoms with Crippen LogP contribution in [-0.2, 0) is 16.1 Å². The van der Waals surface area contributed by atoms with Gasteiger partial charge in [-0.2, -0.15) is 0 Å². The summed E-state index contributed by atoms with van der Waals surface area (Å²) >= 11 is 0. The van der Waals surface area contributed by atoms with Crippen molar-refractivity contribution in [3.05, 3.63) is 53.9 Å². The topological polar surface area (TPSA) is 71.5 Å². The van der Waals surface area contributed by atoms with Gasteiger partial charge in [0.05, 0.1) is 17.9 Å². The highest BCUT2D eigenvalue weighted by atomic mass is 16.5. The molecule has 6 heteroatoms. The van der Waals surface area contributed by atoms with E-state index in [1.165, 1.54) is 0 Å². The molecule has 2 heterocycles. The van der Waals surface area contributed by atoms with Gasteiger partial charge in [0, 0.05) is 19.2 Å². The molecule has 2 aromatic rings. The van der Waals surface area contributed by atoms with Crippen molar-refractivity contribution >= 4 is 17.5 Å². The first kappa shape index (κ1) is 17.9. The van der Waals surface area contributed by atoms with E-state index in [0.29, 0.717) is 24.5 Å². The van der Waals surface area contributed by atoms with E-state index >= 15 is 0 Å². The van der Waals surface area contributed by atoms with Crippen molar-refractivity contribution in [1.82, 2.24) is 10.3 Å². The standard InChI is InChI=1S/C20H23N3O3/c1-14-7-8-17-16(12-14)23(19(25)20(2,3)26-17)11-9-18(24)22-13-15-6-4-5-10-21-15/h4-8,10,12H,9,11,13H2,1-3H3,(H,22,24). The molecule has 1 aromatic heterocycles. The van der Waals surface area contributed by atoms with Crippen molar-refractivity contribution < 1.29 is 14.3 Å². The molecule has 136 valence electrons. The molecule has 1 aromatic carbocycles.